The average molecular weight is 258 g/mol. The molecule has 0 saturated carbocycles. The minimum atomic E-state index is -0.309. The first-order valence-corrected chi connectivity index (χ1v) is 6.43. The molecule has 0 fully saturated rings. The minimum absolute atomic E-state index is 0.242. The molecule has 100 valence electrons. The Balaban J connectivity index is 2.25. The highest BCUT2D eigenvalue weighted by molar-refractivity contribution is 5.89. The first-order chi connectivity index (χ1) is 9.26. The Hall–Kier alpha value is -2.10. The summed E-state index contributed by atoms with van der Waals surface area (Å²) in [7, 11) is 1.39. The topological polar surface area (TPSA) is 55.0 Å². The number of esters is 1. The van der Waals surface area contributed by atoms with Gasteiger partial charge in [-0.05, 0) is 24.1 Å². The van der Waals surface area contributed by atoms with Crippen molar-refractivity contribution >= 4 is 5.97 Å². The zero-order valence-corrected chi connectivity index (χ0v) is 11.2. The summed E-state index contributed by atoms with van der Waals surface area (Å²) in [4.78, 5) is 18.9. The summed E-state index contributed by atoms with van der Waals surface area (Å²) < 4.78 is 4.70. The van der Waals surface area contributed by atoms with Crippen molar-refractivity contribution in [3.05, 3.63) is 53.6 Å². The molecule has 0 saturated heterocycles. The number of hydrogen-bond acceptors (Lipinski definition) is 3. The van der Waals surface area contributed by atoms with Gasteiger partial charge in [0.25, 0.3) is 0 Å². The van der Waals surface area contributed by atoms with E-state index in [1.54, 1.807) is 18.3 Å². The van der Waals surface area contributed by atoms with Crippen LogP contribution in [0.1, 0.15) is 47.4 Å². The Morgan fingerprint density at radius 3 is 2.63 bits per heavy atom. The fourth-order valence-corrected chi connectivity index (χ4v) is 2.19. The van der Waals surface area contributed by atoms with Crippen molar-refractivity contribution in [2.75, 3.05) is 7.11 Å². The normalized spacial score (nSPS) is 12.1. The number of rotatable bonds is 5. The lowest BCUT2D eigenvalue weighted by atomic mass is 9.93. The van der Waals surface area contributed by atoms with Crippen molar-refractivity contribution in [3.63, 3.8) is 0 Å². The highest BCUT2D eigenvalue weighted by Gasteiger charge is 2.16. The molecule has 0 amide bonds. The maximum Gasteiger partial charge on any atom is 0.337 e. The van der Waals surface area contributed by atoms with Gasteiger partial charge in [-0.15, -0.1) is 0 Å². The number of methoxy groups -OCH3 is 1. The second-order valence-corrected chi connectivity index (χ2v) is 4.43. The number of hydrogen-bond donors (Lipinski definition) is 1. The molecule has 1 atom stereocenters. The van der Waals surface area contributed by atoms with E-state index in [1.165, 1.54) is 7.11 Å². The quantitative estimate of drug-likeness (QED) is 0.838. The lowest BCUT2D eigenvalue weighted by Crippen LogP contribution is -2.05. The lowest BCUT2D eigenvalue weighted by molar-refractivity contribution is 0.0600. The molecule has 19 heavy (non-hydrogen) atoms. The Morgan fingerprint density at radius 1 is 1.37 bits per heavy atom. The largest absolute Gasteiger partial charge is 0.465 e. The van der Waals surface area contributed by atoms with E-state index in [4.69, 9.17) is 4.74 Å². The van der Waals surface area contributed by atoms with Crippen LogP contribution >= 0.6 is 0 Å². The molecule has 1 unspecified atom stereocenters. The highest BCUT2D eigenvalue weighted by atomic mass is 16.5. The molecule has 0 radical (unpaired) electrons. The number of aromatic nitrogens is 2. The fraction of sp³-hybridized carbons (Fsp3) is 0.333. The summed E-state index contributed by atoms with van der Waals surface area (Å²) in [6, 6.07) is 7.53. The molecule has 1 N–H and O–H groups in total. The van der Waals surface area contributed by atoms with Crippen molar-refractivity contribution < 1.29 is 9.53 Å². The number of nitrogens with one attached hydrogen (secondary N) is 1. The highest BCUT2D eigenvalue weighted by Crippen LogP contribution is 2.26. The summed E-state index contributed by atoms with van der Waals surface area (Å²) >= 11 is 0. The predicted molar refractivity (Wildman–Crippen MR) is 73.1 cm³/mol. The fourth-order valence-electron chi connectivity index (χ4n) is 2.19. The van der Waals surface area contributed by atoms with Crippen LogP contribution in [0.25, 0.3) is 0 Å². The zero-order chi connectivity index (χ0) is 13.7. The third-order valence-corrected chi connectivity index (χ3v) is 3.16. The molecule has 2 rings (SSSR count). The van der Waals surface area contributed by atoms with Gasteiger partial charge in [-0.2, -0.15) is 0 Å². The SMILES string of the molecule is CCCC(c1ccc(C(=O)OC)cc1)c1ncc[nH]1. The minimum Gasteiger partial charge on any atom is -0.465 e. The number of H-pyrrole nitrogens is 1. The zero-order valence-electron chi connectivity index (χ0n) is 11.2. The lowest BCUT2D eigenvalue weighted by Gasteiger charge is -2.14. The Labute approximate surface area is 112 Å². The van der Waals surface area contributed by atoms with Gasteiger partial charge in [-0.3, -0.25) is 0 Å². The molecule has 0 aliphatic carbocycles. The van der Waals surface area contributed by atoms with Crippen LogP contribution in [0.15, 0.2) is 36.7 Å². The first kappa shape index (κ1) is 13.3. The molecule has 4 heteroatoms. The maximum absolute atomic E-state index is 11.4. The molecule has 0 aliphatic rings. The first-order valence-electron chi connectivity index (χ1n) is 6.43. The summed E-state index contributed by atoms with van der Waals surface area (Å²) in [5, 5.41) is 0. The second-order valence-electron chi connectivity index (χ2n) is 4.43. The van der Waals surface area contributed by atoms with Gasteiger partial charge >= 0.3 is 5.97 Å². The number of carbonyl (C=O) groups excluding carboxylic acids is 1. The maximum atomic E-state index is 11.4. The Bertz CT molecular complexity index is 518. The number of carbonyl (C=O) groups is 1. The number of ether oxygens (including phenoxy) is 1. The molecule has 4 nitrogen and oxygen atoms in total. The number of imidazole rings is 1. The molecule has 0 spiro atoms. The van der Waals surface area contributed by atoms with E-state index in [0.717, 1.165) is 24.2 Å². The standard InChI is InChI=1S/C15H18N2O2/c1-3-4-13(14-16-9-10-17-14)11-5-7-12(8-6-11)15(18)19-2/h5-10,13H,3-4H2,1-2H3,(H,16,17). The molecule has 0 aliphatic heterocycles. The van der Waals surface area contributed by atoms with E-state index < -0.39 is 0 Å². The second kappa shape index (κ2) is 6.18. The number of nitrogens with zero attached hydrogens (tertiary/aromatic N) is 1. The van der Waals surface area contributed by atoms with Gasteiger partial charge in [-0.25, -0.2) is 9.78 Å². The van der Waals surface area contributed by atoms with Gasteiger partial charge in [-0.1, -0.05) is 25.5 Å². The smallest absolute Gasteiger partial charge is 0.337 e. The van der Waals surface area contributed by atoms with Crippen LogP contribution < -0.4 is 0 Å². The molecular weight excluding hydrogens is 240 g/mol. The summed E-state index contributed by atoms with van der Waals surface area (Å²) in [6.45, 7) is 2.15. The third-order valence-electron chi connectivity index (χ3n) is 3.16. The van der Waals surface area contributed by atoms with E-state index >= 15 is 0 Å². The molecule has 2 aromatic rings. The molecule has 1 aromatic heterocycles. The van der Waals surface area contributed by atoms with E-state index in [-0.39, 0.29) is 11.9 Å². The van der Waals surface area contributed by atoms with Gasteiger partial charge in [0.1, 0.15) is 5.82 Å². The monoisotopic (exact) mass is 258 g/mol. The van der Waals surface area contributed by atoms with E-state index in [9.17, 15) is 4.79 Å². The van der Waals surface area contributed by atoms with Gasteiger partial charge in [0, 0.05) is 18.3 Å². The van der Waals surface area contributed by atoms with E-state index in [1.807, 2.05) is 18.3 Å². The van der Waals surface area contributed by atoms with Crippen LogP contribution in [0.4, 0.5) is 0 Å². The third kappa shape index (κ3) is 3.02. The van der Waals surface area contributed by atoms with E-state index in [2.05, 4.69) is 16.9 Å². The summed E-state index contributed by atoms with van der Waals surface area (Å²) in [5.41, 5.74) is 1.73. The van der Waals surface area contributed by atoms with Crippen molar-refractivity contribution in [2.24, 2.45) is 0 Å². The van der Waals surface area contributed by atoms with Gasteiger partial charge in [0.05, 0.1) is 12.7 Å². The van der Waals surface area contributed by atoms with Crippen molar-refractivity contribution in [1.82, 2.24) is 9.97 Å². The summed E-state index contributed by atoms with van der Waals surface area (Å²) in [5.74, 6) is 0.899. The Morgan fingerprint density at radius 2 is 2.11 bits per heavy atom. The average Bonchev–Trinajstić information content (AvgIpc) is 2.98. The van der Waals surface area contributed by atoms with Gasteiger partial charge in [0.15, 0.2) is 0 Å². The van der Waals surface area contributed by atoms with Crippen LogP contribution in [-0.4, -0.2) is 23.0 Å². The van der Waals surface area contributed by atoms with E-state index in [0.29, 0.717) is 5.56 Å². The number of aromatic amines is 1. The summed E-state index contributed by atoms with van der Waals surface area (Å²) in [6.07, 6.45) is 5.69. The van der Waals surface area contributed by atoms with Crippen molar-refractivity contribution in [1.29, 1.82) is 0 Å². The Kier molecular flexibility index (Phi) is 4.34. The van der Waals surface area contributed by atoms with Gasteiger partial charge in [0.2, 0.25) is 0 Å². The van der Waals surface area contributed by atoms with Crippen LogP contribution in [0.2, 0.25) is 0 Å². The van der Waals surface area contributed by atoms with Crippen LogP contribution in [0, 0.1) is 0 Å². The van der Waals surface area contributed by atoms with Crippen LogP contribution in [0.3, 0.4) is 0 Å². The van der Waals surface area contributed by atoms with Crippen molar-refractivity contribution in [3.8, 4) is 0 Å². The molecule has 1 heterocycles. The van der Waals surface area contributed by atoms with Gasteiger partial charge < -0.3 is 9.72 Å². The molecular formula is C15H18N2O2. The predicted octanol–water partition coefficient (Wildman–Crippen LogP) is 3.13. The number of benzene rings is 1. The molecule has 0 bridgehead atoms. The van der Waals surface area contributed by atoms with Crippen LogP contribution in [-0.2, 0) is 4.74 Å². The van der Waals surface area contributed by atoms with Crippen LogP contribution in [0.5, 0.6) is 0 Å². The molecule has 1 aromatic carbocycles. The van der Waals surface area contributed by atoms with Crippen molar-refractivity contribution in [2.45, 2.75) is 25.7 Å².